The van der Waals surface area contributed by atoms with Crippen molar-refractivity contribution in [3.8, 4) is 17.1 Å². The van der Waals surface area contributed by atoms with Gasteiger partial charge < -0.3 is 23.8 Å². The van der Waals surface area contributed by atoms with Crippen molar-refractivity contribution < 1.29 is 23.7 Å². The summed E-state index contributed by atoms with van der Waals surface area (Å²) in [6, 6.07) is 15.7. The zero-order chi connectivity index (χ0) is 29.1. The van der Waals surface area contributed by atoms with Gasteiger partial charge in [0.1, 0.15) is 5.75 Å². The van der Waals surface area contributed by atoms with Crippen molar-refractivity contribution in [2.24, 2.45) is 5.92 Å². The van der Waals surface area contributed by atoms with E-state index >= 15 is 0 Å². The van der Waals surface area contributed by atoms with E-state index in [2.05, 4.69) is 32.3 Å². The fourth-order valence-electron chi connectivity index (χ4n) is 5.32. The third-order valence-corrected chi connectivity index (χ3v) is 8.11. The van der Waals surface area contributed by atoms with Gasteiger partial charge in [0.2, 0.25) is 17.6 Å². The van der Waals surface area contributed by atoms with Crippen LogP contribution < -0.4 is 9.64 Å². The maximum Gasteiger partial charge on any atom is 0.347 e. The van der Waals surface area contributed by atoms with Crippen LogP contribution in [-0.2, 0) is 24.2 Å². The number of aliphatic carboxylic acids is 1. The Morgan fingerprint density at radius 3 is 2.36 bits per heavy atom. The molecule has 1 N–H and O–H groups in total. The molecule has 0 unspecified atom stereocenters. The van der Waals surface area contributed by atoms with E-state index in [1.54, 1.807) is 0 Å². The molecule has 2 aliphatic rings. The van der Waals surface area contributed by atoms with Crippen molar-refractivity contribution in [3.63, 3.8) is 0 Å². The van der Waals surface area contributed by atoms with Crippen LogP contribution in [0.15, 0.2) is 57.6 Å². The normalized spacial score (nSPS) is 15.7. The van der Waals surface area contributed by atoms with Gasteiger partial charge in [-0.25, -0.2) is 4.79 Å². The molecule has 2 aliphatic carbocycles. The van der Waals surface area contributed by atoms with Crippen LogP contribution in [0.4, 0.5) is 5.95 Å². The molecule has 2 aromatic carbocycles. The van der Waals surface area contributed by atoms with Crippen molar-refractivity contribution in [1.29, 1.82) is 0 Å². The lowest BCUT2D eigenvalue weighted by molar-refractivity contribution is -0.152. The molecule has 0 atom stereocenters. The first-order valence-electron chi connectivity index (χ1n) is 14.8. The average Bonchev–Trinajstić information content (AvgIpc) is 3.33. The van der Waals surface area contributed by atoms with Crippen LogP contribution in [-0.4, -0.2) is 43.5 Å². The molecule has 2 fully saturated rings. The minimum atomic E-state index is -1.30. The van der Waals surface area contributed by atoms with Crippen LogP contribution in [0.2, 0.25) is 0 Å². The molecule has 0 amide bonds. The summed E-state index contributed by atoms with van der Waals surface area (Å²) >= 11 is 0. The van der Waals surface area contributed by atoms with E-state index in [0.29, 0.717) is 48.3 Å². The van der Waals surface area contributed by atoms with Crippen molar-refractivity contribution in [1.82, 2.24) is 20.3 Å². The molecule has 0 spiro atoms. The van der Waals surface area contributed by atoms with Gasteiger partial charge >= 0.3 is 5.97 Å². The molecule has 2 aromatic heterocycles. The lowest BCUT2D eigenvalue weighted by Crippen LogP contribution is -2.37. The van der Waals surface area contributed by atoms with Crippen LogP contribution in [0.1, 0.15) is 81.2 Å². The highest BCUT2D eigenvalue weighted by Crippen LogP contribution is 2.39. The number of benzene rings is 2. The van der Waals surface area contributed by atoms with E-state index in [4.69, 9.17) is 18.8 Å². The van der Waals surface area contributed by atoms with Gasteiger partial charge in [-0.1, -0.05) is 54.4 Å². The van der Waals surface area contributed by atoms with Gasteiger partial charge in [0.25, 0.3) is 5.95 Å². The number of nitrogens with zero attached hydrogens (tertiary/aromatic N) is 5. The third kappa shape index (κ3) is 6.80. The Morgan fingerprint density at radius 1 is 0.952 bits per heavy atom. The minimum Gasteiger partial charge on any atom is -0.478 e. The number of anilines is 1. The summed E-state index contributed by atoms with van der Waals surface area (Å²) in [6.45, 7) is 4.34. The highest BCUT2D eigenvalue weighted by Gasteiger charge is 2.30. The minimum absolute atomic E-state index is 0.424. The van der Waals surface area contributed by atoms with Crippen molar-refractivity contribution in [2.75, 3.05) is 11.4 Å². The molecule has 10 heteroatoms. The Balaban J connectivity index is 1.15. The summed E-state index contributed by atoms with van der Waals surface area (Å²) < 4.78 is 16.8. The molecular formula is C32H37N5O5. The quantitative estimate of drug-likeness (QED) is 0.197. The second-order valence-electron chi connectivity index (χ2n) is 12.0. The lowest BCUT2D eigenvalue weighted by Gasteiger charge is -2.22. The van der Waals surface area contributed by atoms with Gasteiger partial charge in [-0.2, -0.15) is 9.97 Å². The van der Waals surface area contributed by atoms with Crippen molar-refractivity contribution >= 4 is 11.9 Å². The number of carboxylic acids is 1. The summed E-state index contributed by atoms with van der Waals surface area (Å²) in [4.78, 5) is 22.9. The molecule has 6 rings (SSSR count). The van der Waals surface area contributed by atoms with Gasteiger partial charge in [0.05, 0.1) is 0 Å². The van der Waals surface area contributed by atoms with E-state index in [9.17, 15) is 9.90 Å². The van der Waals surface area contributed by atoms with Gasteiger partial charge in [-0.15, -0.1) is 0 Å². The molecular weight excluding hydrogens is 534 g/mol. The standard InChI is InChI=1S/C32H37N5O5/c1-32(2,30(38)39)40-26-15-9-21(10-16-26)17-18-37(31-33-27(41-36-31)19-22-5-3-4-6-22)20-23-7-11-24(12-8-23)28-34-29(42-35-28)25-13-14-25/h7-12,15-16,22,25H,3-6,13-14,17-20H2,1-2H3,(H,38,39). The second-order valence-corrected chi connectivity index (χ2v) is 12.0. The summed E-state index contributed by atoms with van der Waals surface area (Å²) in [6.07, 6.45) is 8.80. The van der Waals surface area contributed by atoms with Crippen LogP contribution >= 0.6 is 0 Å². The monoisotopic (exact) mass is 571 g/mol. The van der Waals surface area contributed by atoms with Gasteiger partial charge in [-0.05, 0) is 80.3 Å². The Kier molecular flexibility index (Phi) is 7.95. The Hall–Kier alpha value is -4.21. The van der Waals surface area contributed by atoms with E-state index in [1.807, 2.05) is 36.4 Å². The molecule has 2 saturated carbocycles. The highest BCUT2D eigenvalue weighted by atomic mass is 16.5. The van der Waals surface area contributed by atoms with Crippen LogP contribution in [0.5, 0.6) is 5.75 Å². The number of carboxylic acid groups (broad SMARTS) is 1. The molecule has 42 heavy (non-hydrogen) atoms. The van der Waals surface area contributed by atoms with E-state index in [0.717, 1.165) is 48.3 Å². The van der Waals surface area contributed by atoms with Gasteiger partial charge in [-0.3, -0.25) is 0 Å². The number of carbonyl (C=O) groups is 1. The fourth-order valence-corrected chi connectivity index (χ4v) is 5.32. The van der Waals surface area contributed by atoms with Crippen LogP contribution in [0.3, 0.4) is 0 Å². The first-order valence-corrected chi connectivity index (χ1v) is 14.8. The lowest BCUT2D eigenvalue weighted by atomic mass is 10.0. The summed E-state index contributed by atoms with van der Waals surface area (Å²) in [5.74, 6) is 3.19. The zero-order valence-corrected chi connectivity index (χ0v) is 24.2. The predicted molar refractivity (Wildman–Crippen MR) is 155 cm³/mol. The van der Waals surface area contributed by atoms with Gasteiger partial charge in [0.15, 0.2) is 5.60 Å². The van der Waals surface area contributed by atoms with E-state index < -0.39 is 11.6 Å². The predicted octanol–water partition coefficient (Wildman–Crippen LogP) is 6.22. The number of hydrogen-bond acceptors (Lipinski definition) is 9. The van der Waals surface area contributed by atoms with Crippen LogP contribution in [0, 0.1) is 5.92 Å². The largest absolute Gasteiger partial charge is 0.478 e. The molecule has 2 heterocycles. The maximum atomic E-state index is 11.4. The van der Waals surface area contributed by atoms with Gasteiger partial charge in [0, 0.05) is 31.0 Å². The first-order chi connectivity index (χ1) is 20.3. The first kappa shape index (κ1) is 27.9. The molecule has 0 saturated heterocycles. The van der Waals surface area contributed by atoms with Crippen molar-refractivity contribution in [3.05, 3.63) is 71.4 Å². The third-order valence-electron chi connectivity index (χ3n) is 8.11. The average molecular weight is 572 g/mol. The smallest absolute Gasteiger partial charge is 0.347 e. The summed E-state index contributed by atoms with van der Waals surface area (Å²) in [5, 5.41) is 17.9. The molecule has 0 aliphatic heterocycles. The number of hydrogen-bond donors (Lipinski definition) is 1. The molecule has 10 nitrogen and oxygen atoms in total. The van der Waals surface area contributed by atoms with E-state index in [-0.39, 0.29) is 0 Å². The Bertz CT molecular complexity index is 1480. The van der Waals surface area contributed by atoms with Crippen molar-refractivity contribution in [2.45, 2.75) is 83.3 Å². The number of rotatable bonds is 13. The number of aromatic nitrogens is 4. The maximum absolute atomic E-state index is 11.4. The zero-order valence-electron chi connectivity index (χ0n) is 24.2. The van der Waals surface area contributed by atoms with E-state index in [1.165, 1.54) is 39.5 Å². The Labute approximate surface area is 245 Å². The number of ether oxygens (including phenoxy) is 1. The topological polar surface area (TPSA) is 128 Å². The SMILES string of the molecule is CC(C)(Oc1ccc(CCN(Cc2ccc(-c3noc(C4CC4)n3)cc2)c2noc(CC3CCCC3)n2)cc1)C(=O)O. The molecule has 0 bridgehead atoms. The van der Waals surface area contributed by atoms with Crippen LogP contribution in [0.25, 0.3) is 11.4 Å². The molecule has 0 radical (unpaired) electrons. The second kappa shape index (κ2) is 12.0. The fraction of sp³-hybridized carbons (Fsp3) is 0.469. The summed E-state index contributed by atoms with van der Waals surface area (Å²) in [7, 11) is 0. The molecule has 220 valence electrons. The highest BCUT2D eigenvalue weighted by molar-refractivity contribution is 5.76. The Morgan fingerprint density at radius 2 is 1.67 bits per heavy atom. The molecule has 4 aromatic rings. The summed E-state index contributed by atoms with van der Waals surface area (Å²) in [5.41, 5.74) is 1.82.